The quantitative estimate of drug-likeness (QED) is 0.154. The lowest BCUT2D eigenvalue weighted by Crippen LogP contribution is -2.76. The van der Waals surface area contributed by atoms with E-state index in [1.807, 2.05) is 12.2 Å². The van der Waals surface area contributed by atoms with Gasteiger partial charge in [0.1, 0.15) is 5.97 Å². The molecule has 40 heavy (non-hydrogen) atoms. The number of halogens is 19. The van der Waals surface area contributed by atoms with Gasteiger partial charge in [-0.3, -0.25) is 0 Å². The predicted molar refractivity (Wildman–Crippen MR) is 92.9 cm³/mol. The van der Waals surface area contributed by atoms with Crippen LogP contribution >= 0.6 is 0 Å². The molecule has 0 aromatic rings. The van der Waals surface area contributed by atoms with Crippen molar-refractivity contribution in [3.63, 3.8) is 0 Å². The van der Waals surface area contributed by atoms with Gasteiger partial charge in [-0.15, -0.1) is 0 Å². The summed E-state index contributed by atoms with van der Waals surface area (Å²) >= 11 is 0. The molecule has 0 radical (unpaired) electrons. The molecule has 0 aliphatic carbocycles. The zero-order chi connectivity index (χ0) is 33.4. The third kappa shape index (κ3) is 6.09. The Kier molecular flexibility index (Phi) is 11.0. The van der Waals surface area contributed by atoms with Crippen molar-refractivity contribution in [1.29, 1.82) is 0 Å². The van der Waals surface area contributed by atoms with Crippen LogP contribution in [0.3, 0.4) is 0 Å². The van der Waals surface area contributed by atoms with Crippen LogP contribution in [0.5, 0.6) is 0 Å². The van der Waals surface area contributed by atoms with E-state index in [4.69, 9.17) is 0 Å². The Morgan fingerprint density at radius 1 is 0.550 bits per heavy atom. The lowest BCUT2D eigenvalue weighted by atomic mass is 9.87. The standard InChI is InChI=1S/C10HF19O2.C8H16N/c11-2(12,1(30)31)3(13,14)4(15,16)5(17,18)6(19,20)7(21,22)8(23,24)9(25,26)10(27,28)29;1-5-7-9(3,4)8-6-2/h(H,30,31);5-6H,1-2,7-8H2,3-4H3/q;+1/p-1. The van der Waals surface area contributed by atoms with Crippen molar-refractivity contribution in [2.75, 3.05) is 27.2 Å². The summed E-state index contributed by atoms with van der Waals surface area (Å²) in [6.07, 6.45) is -4.09. The number of carboxylic acid groups (broad SMARTS) is 1. The first-order valence-electron chi connectivity index (χ1n) is 9.41. The molecular formula is C18H16F19NO2. The Bertz CT molecular complexity index is 909. The van der Waals surface area contributed by atoms with Gasteiger partial charge in [0.15, 0.2) is 0 Å². The van der Waals surface area contributed by atoms with Gasteiger partial charge >= 0.3 is 53.6 Å². The van der Waals surface area contributed by atoms with Gasteiger partial charge in [-0.2, -0.15) is 83.4 Å². The second kappa shape index (κ2) is 11.1. The maximum Gasteiger partial charge on any atom is 0.460 e. The molecule has 0 spiro atoms. The van der Waals surface area contributed by atoms with E-state index < -0.39 is 59.5 Å². The van der Waals surface area contributed by atoms with Crippen LogP contribution in [0.2, 0.25) is 0 Å². The first kappa shape index (κ1) is 39.7. The van der Waals surface area contributed by atoms with Gasteiger partial charge in [0.05, 0.1) is 27.2 Å². The lowest BCUT2D eigenvalue weighted by Gasteiger charge is -2.43. The van der Waals surface area contributed by atoms with E-state index in [0.717, 1.165) is 17.6 Å². The fourth-order valence-corrected chi connectivity index (χ4v) is 2.26. The van der Waals surface area contributed by atoms with E-state index in [9.17, 15) is 93.3 Å². The van der Waals surface area contributed by atoms with Crippen molar-refractivity contribution in [3.05, 3.63) is 25.3 Å². The molecule has 3 nitrogen and oxygen atoms in total. The Labute approximate surface area is 211 Å². The Hall–Kier alpha value is -2.42. The number of likely N-dealkylation sites (N-methyl/N-ethyl adjacent to an activating group) is 1. The monoisotopic (exact) mass is 639 g/mol. The molecule has 0 unspecified atom stereocenters. The Morgan fingerprint density at radius 2 is 0.775 bits per heavy atom. The van der Waals surface area contributed by atoms with Crippen molar-refractivity contribution in [3.8, 4) is 0 Å². The molecule has 22 heteroatoms. The van der Waals surface area contributed by atoms with E-state index in [-0.39, 0.29) is 0 Å². The highest BCUT2D eigenvalue weighted by Gasteiger charge is 2.96. The SMILES string of the molecule is C=CC[N+](C)(C)CC=C.O=C([O-])C(F)(F)C(F)(F)C(F)(F)C(F)(F)C(F)(F)C(F)(F)C(F)(F)C(F)(F)C(F)(F)F. The maximum atomic E-state index is 13.1. The maximum absolute atomic E-state index is 13.1. The highest BCUT2D eigenvalue weighted by atomic mass is 19.4. The largest absolute Gasteiger partial charge is 0.544 e. The molecule has 0 N–H and O–H groups in total. The summed E-state index contributed by atoms with van der Waals surface area (Å²) in [4.78, 5) is 9.69. The summed E-state index contributed by atoms with van der Waals surface area (Å²) in [5.74, 6) is -73.8. The molecule has 0 aromatic carbocycles. The first-order valence-corrected chi connectivity index (χ1v) is 9.41. The average Bonchev–Trinajstić information content (AvgIpc) is 2.72. The van der Waals surface area contributed by atoms with Crippen LogP contribution < -0.4 is 5.11 Å². The van der Waals surface area contributed by atoms with E-state index in [1.165, 1.54) is 0 Å². The number of carboxylic acids is 1. The fraction of sp³-hybridized carbons (Fsp3) is 0.722. The van der Waals surface area contributed by atoms with Crippen molar-refractivity contribution in [2.45, 2.75) is 53.6 Å². The number of carbonyl (C=O) groups is 1. The number of carbonyl (C=O) groups excluding carboxylic acids is 1. The van der Waals surface area contributed by atoms with Crippen LogP contribution in [-0.4, -0.2) is 91.2 Å². The topological polar surface area (TPSA) is 40.1 Å². The molecule has 0 bridgehead atoms. The third-order valence-corrected chi connectivity index (χ3v) is 4.62. The van der Waals surface area contributed by atoms with Crippen LogP contribution in [0.25, 0.3) is 0 Å². The molecule has 0 aliphatic rings. The summed E-state index contributed by atoms with van der Waals surface area (Å²) in [6, 6.07) is 0. The van der Waals surface area contributed by atoms with Gasteiger partial charge in [0.25, 0.3) is 0 Å². The van der Waals surface area contributed by atoms with Gasteiger partial charge in [0, 0.05) is 0 Å². The first-order chi connectivity index (χ1) is 17.1. The smallest absolute Gasteiger partial charge is 0.460 e. The number of alkyl halides is 19. The molecule has 0 aromatic heterocycles. The van der Waals surface area contributed by atoms with Crippen LogP contribution in [0.1, 0.15) is 0 Å². The zero-order valence-corrected chi connectivity index (χ0v) is 19.4. The Morgan fingerprint density at radius 3 is 0.975 bits per heavy atom. The summed E-state index contributed by atoms with van der Waals surface area (Å²) in [5, 5.41) is 9.69. The van der Waals surface area contributed by atoms with Crippen molar-refractivity contribution in [2.24, 2.45) is 0 Å². The average molecular weight is 639 g/mol. The molecule has 0 atom stereocenters. The van der Waals surface area contributed by atoms with Crippen LogP contribution in [0, 0.1) is 0 Å². The number of nitrogens with zero attached hydrogens (tertiary/aromatic N) is 1. The molecule has 0 aliphatic heterocycles. The predicted octanol–water partition coefficient (Wildman–Crippen LogP) is 5.82. The summed E-state index contributed by atoms with van der Waals surface area (Å²) in [7, 11) is 4.31. The number of quaternary nitrogens is 1. The van der Waals surface area contributed by atoms with Crippen LogP contribution in [0.4, 0.5) is 83.4 Å². The number of hydrogen-bond acceptors (Lipinski definition) is 2. The van der Waals surface area contributed by atoms with Gasteiger partial charge in [-0.1, -0.05) is 13.2 Å². The number of aliphatic carboxylic acids is 1. The third-order valence-electron chi connectivity index (χ3n) is 4.62. The Balaban J connectivity index is 0. The van der Waals surface area contributed by atoms with E-state index >= 15 is 0 Å². The normalized spacial score (nSPS) is 15.2. The lowest BCUT2D eigenvalue weighted by molar-refractivity contribution is -0.878. The van der Waals surface area contributed by atoms with Gasteiger partial charge < -0.3 is 14.4 Å². The van der Waals surface area contributed by atoms with Crippen molar-refractivity contribution >= 4 is 5.97 Å². The van der Waals surface area contributed by atoms with Gasteiger partial charge in [-0.05, 0) is 12.2 Å². The fourth-order valence-electron chi connectivity index (χ4n) is 2.26. The van der Waals surface area contributed by atoms with Crippen LogP contribution in [-0.2, 0) is 4.79 Å². The second-order valence-electron chi connectivity index (χ2n) is 8.26. The van der Waals surface area contributed by atoms with Gasteiger partial charge in [-0.25, -0.2) is 0 Å². The minimum absolute atomic E-state index is 0.951. The van der Waals surface area contributed by atoms with E-state index in [1.54, 1.807) is 0 Å². The molecule has 238 valence electrons. The highest BCUT2D eigenvalue weighted by molar-refractivity contribution is 5.75. The van der Waals surface area contributed by atoms with Gasteiger partial charge in [0.2, 0.25) is 0 Å². The zero-order valence-electron chi connectivity index (χ0n) is 19.4. The minimum atomic E-state index is -9.08. The van der Waals surface area contributed by atoms with E-state index in [2.05, 4.69) is 27.3 Å². The number of rotatable bonds is 12. The molecule has 0 heterocycles. The minimum Gasteiger partial charge on any atom is -0.544 e. The summed E-state index contributed by atoms with van der Waals surface area (Å²) < 4.78 is 242. The molecule has 0 saturated heterocycles. The van der Waals surface area contributed by atoms with Crippen LogP contribution in [0.15, 0.2) is 25.3 Å². The molecule has 0 saturated carbocycles. The number of hydrogen-bond donors (Lipinski definition) is 0. The van der Waals surface area contributed by atoms with Crippen molar-refractivity contribution < 1.29 is 97.8 Å². The molecule has 0 fully saturated rings. The van der Waals surface area contributed by atoms with Crippen molar-refractivity contribution in [1.82, 2.24) is 0 Å². The highest BCUT2D eigenvalue weighted by Crippen LogP contribution is 2.65. The summed E-state index contributed by atoms with van der Waals surface area (Å²) in [5.41, 5.74) is 0. The van der Waals surface area contributed by atoms with E-state index in [0.29, 0.717) is 0 Å². The molecular weight excluding hydrogens is 623 g/mol. The molecule has 0 amide bonds. The molecule has 0 rings (SSSR count). The summed E-state index contributed by atoms with van der Waals surface area (Å²) in [6.45, 7) is 9.37. The second-order valence-corrected chi connectivity index (χ2v) is 8.26.